The summed E-state index contributed by atoms with van der Waals surface area (Å²) in [4.78, 5) is 11.3. The van der Waals surface area contributed by atoms with E-state index in [4.69, 9.17) is 22.1 Å². The summed E-state index contributed by atoms with van der Waals surface area (Å²) >= 11 is 5.83. The van der Waals surface area contributed by atoms with E-state index in [1.54, 1.807) is 24.3 Å². The predicted octanol–water partition coefficient (Wildman–Crippen LogP) is 3.27. The molecule has 2 aromatic carbocycles. The highest BCUT2D eigenvalue weighted by Crippen LogP contribution is 2.28. The fourth-order valence-corrected chi connectivity index (χ4v) is 1.77. The molecule has 0 saturated carbocycles. The number of nitrogens with two attached hydrogens (primary N) is 1. The first kappa shape index (κ1) is 13.2. The SMILES string of the molecule is CNc1ccc(Oc2ccc(Cl)cc2C(N)=O)cc1. The van der Waals surface area contributed by atoms with E-state index < -0.39 is 5.91 Å². The molecule has 1 amide bonds. The molecule has 4 nitrogen and oxygen atoms in total. The Hall–Kier alpha value is -2.20. The van der Waals surface area contributed by atoms with Crippen LogP contribution in [0.15, 0.2) is 42.5 Å². The lowest BCUT2D eigenvalue weighted by molar-refractivity contribution is 0.0998. The van der Waals surface area contributed by atoms with Crippen molar-refractivity contribution in [1.29, 1.82) is 0 Å². The molecule has 0 aliphatic heterocycles. The van der Waals surface area contributed by atoms with E-state index in [2.05, 4.69) is 5.32 Å². The number of anilines is 1. The third kappa shape index (κ3) is 3.17. The molecule has 0 saturated heterocycles. The molecular weight excluding hydrogens is 264 g/mol. The van der Waals surface area contributed by atoms with Crippen molar-refractivity contribution >= 4 is 23.2 Å². The number of carbonyl (C=O) groups excluding carboxylic acids is 1. The zero-order valence-electron chi connectivity index (χ0n) is 10.3. The number of hydrogen-bond acceptors (Lipinski definition) is 3. The van der Waals surface area contributed by atoms with Crippen molar-refractivity contribution in [2.45, 2.75) is 0 Å². The molecule has 0 unspecified atom stereocenters. The standard InChI is InChI=1S/C14H13ClN2O2/c1-17-10-3-5-11(6-4-10)19-13-7-2-9(15)8-12(13)14(16)18/h2-8,17H,1H3,(H2,16,18). The lowest BCUT2D eigenvalue weighted by Gasteiger charge is -2.10. The van der Waals surface area contributed by atoms with Crippen LogP contribution in [-0.4, -0.2) is 13.0 Å². The van der Waals surface area contributed by atoms with Gasteiger partial charge in [-0.1, -0.05) is 11.6 Å². The number of carbonyl (C=O) groups is 1. The zero-order chi connectivity index (χ0) is 13.8. The quantitative estimate of drug-likeness (QED) is 0.901. The molecule has 19 heavy (non-hydrogen) atoms. The molecule has 3 N–H and O–H groups in total. The average Bonchev–Trinajstić information content (AvgIpc) is 2.41. The summed E-state index contributed by atoms with van der Waals surface area (Å²) in [5, 5.41) is 3.44. The van der Waals surface area contributed by atoms with Gasteiger partial charge in [0.25, 0.3) is 5.91 Å². The molecular formula is C14H13ClN2O2. The normalized spacial score (nSPS) is 10.0. The van der Waals surface area contributed by atoms with Crippen LogP contribution < -0.4 is 15.8 Å². The zero-order valence-corrected chi connectivity index (χ0v) is 11.1. The van der Waals surface area contributed by atoms with Gasteiger partial charge in [-0.25, -0.2) is 0 Å². The monoisotopic (exact) mass is 276 g/mol. The fraction of sp³-hybridized carbons (Fsp3) is 0.0714. The van der Waals surface area contributed by atoms with Gasteiger partial charge in [0.15, 0.2) is 0 Å². The molecule has 0 aromatic heterocycles. The molecule has 0 heterocycles. The summed E-state index contributed by atoms with van der Waals surface area (Å²) in [6, 6.07) is 12.1. The van der Waals surface area contributed by atoms with Crippen molar-refractivity contribution < 1.29 is 9.53 Å². The van der Waals surface area contributed by atoms with Crippen LogP contribution in [0.1, 0.15) is 10.4 Å². The Morgan fingerprint density at radius 1 is 1.21 bits per heavy atom. The molecule has 0 spiro atoms. The number of amides is 1. The minimum absolute atomic E-state index is 0.255. The van der Waals surface area contributed by atoms with Crippen LogP contribution in [0.2, 0.25) is 5.02 Å². The smallest absolute Gasteiger partial charge is 0.252 e. The van der Waals surface area contributed by atoms with Crippen molar-refractivity contribution in [2.24, 2.45) is 5.73 Å². The summed E-state index contributed by atoms with van der Waals surface area (Å²) in [7, 11) is 1.83. The van der Waals surface area contributed by atoms with Crippen molar-refractivity contribution in [3.63, 3.8) is 0 Å². The molecule has 0 fully saturated rings. The van der Waals surface area contributed by atoms with E-state index in [0.717, 1.165) is 5.69 Å². The molecule has 98 valence electrons. The molecule has 0 bridgehead atoms. The van der Waals surface area contributed by atoms with E-state index >= 15 is 0 Å². The molecule has 0 radical (unpaired) electrons. The average molecular weight is 277 g/mol. The Bertz CT molecular complexity index is 597. The Kier molecular flexibility index (Phi) is 3.92. The first-order valence-electron chi connectivity index (χ1n) is 5.65. The second-order valence-corrected chi connectivity index (χ2v) is 4.32. The highest BCUT2D eigenvalue weighted by atomic mass is 35.5. The van der Waals surface area contributed by atoms with E-state index in [1.807, 2.05) is 19.2 Å². The van der Waals surface area contributed by atoms with Crippen molar-refractivity contribution in [2.75, 3.05) is 12.4 Å². The van der Waals surface area contributed by atoms with Gasteiger partial charge in [-0.3, -0.25) is 4.79 Å². The fourth-order valence-electron chi connectivity index (χ4n) is 1.60. The van der Waals surface area contributed by atoms with Gasteiger partial charge in [0, 0.05) is 17.8 Å². The number of nitrogens with one attached hydrogen (secondary N) is 1. The van der Waals surface area contributed by atoms with Gasteiger partial charge >= 0.3 is 0 Å². The largest absolute Gasteiger partial charge is 0.457 e. The number of rotatable bonds is 4. The van der Waals surface area contributed by atoms with Gasteiger partial charge in [0.2, 0.25) is 0 Å². The lowest BCUT2D eigenvalue weighted by atomic mass is 10.2. The number of ether oxygens (including phenoxy) is 1. The van der Waals surface area contributed by atoms with Crippen molar-refractivity contribution in [3.05, 3.63) is 53.1 Å². The molecule has 0 atom stereocenters. The van der Waals surface area contributed by atoms with Gasteiger partial charge in [0.05, 0.1) is 5.56 Å². The van der Waals surface area contributed by atoms with E-state index in [-0.39, 0.29) is 5.56 Å². The van der Waals surface area contributed by atoms with Gasteiger partial charge in [-0.05, 0) is 42.5 Å². The van der Waals surface area contributed by atoms with Crippen LogP contribution in [-0.2, 0) is 0 Å². The van der Waals surface area contributed by atoms with E-state index in [9.17, 15) is 4.79 Å². The van der Waals surface area contributed by atoms with E-state index in [0.29, 0.717) is 16.5 Å². The van der Waals surface area contributed by atoms with Crippen molar-refractivity contribution in [3.8, 4) is 11.5 Å². The molecule has 0 aliphatic carbocycles. The van der Waals surface area contributed by atoms with Crippen LogP contribution in [0, 0.1) is 0 Å². The van der Waals surface area contributed by atoms with Crippen LogP contribution in [0.4, 0.5) is 5.69 Å². The van der Waals surface area contributed by atoms with Gasteiger partial charge in [-0.2, -0.15) is 0 Å². The van der Waals surface area contributed by atoms with Gasteiger partial charge in [0.1, 0.15) is 11.5 Å². The highest BCUT2D eigenvalue weighted by Gasteiger charge is 2.11. The number of primary amides is 1. The van der Waals surface area contributed by atoms with Crippen LogP contribution in [0.5, 0.6) is 11.5 Å². The Morgan fingerprint density at radius 3 is 2.47 bits per heavy atom. The summed E-state index contributed by atoms with van der Waals surface area (Å²) < 4.78 is 5.64. The number of benzene rings is 2. The predicted molar refractivity (Wildman–Crippen MR) is 76.0 cm³/mol. The highest BCUT2D eigenvalue weighted by molar-refractivity contribution is 6.31. The van der Waals surface area contributed by atoms with Crippen LogP contribution >= 0.6 is 11.6 Å². The first-order valence-corrected chi connectivity index (χ1v) is 6.03. The third-order valence-corrected chi connectivity index (χ3v) is 2.81. The topological polar surface area (TPSA) is 64.3 Å². The van der Waals surface area contributed by atoms with Gasteiger partial charge in [-0.15, -0.1) is 0 Å². The maximum Gasteiger partial charge on any atom is 0.252 e. The van der Waals surface area contributed by atoms with Gasteiger partial charge < -0.3 is 15.8 Å². The molecule has 5 heteroatoms. The van der Waals surface area contributed by atoms with Crippen LogP contribution in [0.3, 0.4) is 0 Å². The minimum Gasteiger partial charge on any atom is -0.457 e. The first-order chi connectivity index (χ1) is 9.10. The Morgan fingerprint density at radius 2 is 1.89 bits per heavy atom. The second-order valence-electron chi connectivity index (χ2n) is 3.88. The van der Waals surface area contributed by atoms with Crippen molar-refractivity contribution in [1.82, 2.24) is 0 Å². The van der Waals surface area contributed by atoms with E-state index in [1.165, 1.54) is 6.07 Å². The maximum atomic E-state index is 11.3. The molecule has 2 aromatic rings. The summed E-state index contributed by atoms with van der Waals surface area (Å²) in [5.74, 6) is 0.419. The molecule has 2 rings (SSSR count). The third-order valence-electron chi connectivity index (χ3n) is 2.58. The minimum atomic E-state index is -0.579. The lowest BCUT2D eigenvalue weighted by Crippen LogP contribution is -2.12. The Balaban J connectivity index is 2.29. The summed E-state index contributed by atoms with van der Waals surface area (Å²) in [5.41, 5.74) is 6.52. The van der Waals surface area contributed by atoms with Crippen LogP contribution in [0.25, 0.3) is 0 Å². The number of hydrogen-bond donors (Lipinski definition) is 2. The summed E-state index contributed by atoms with van der Waals surface area (Å²) in [6.45, 7) is 0. The second kappa shape index (κ2) is 5.63. The Labute approximate surface area is 116 Å². The summed E-state index contributed by atoms with van der Waals surface area (Å²) in [6.07, 6.45) is 0. The number of halogens is 1. The molecule has 0 aliphatic rings. The maximum absolute atomic E-state index is 11.3.